The van der Waals surface area contributed by atoms with E-state index in [2.05, 4.69) is 21.2 Å². The van der Waals surface area contributed by atoms with Crippen LogP contribution in [0.25, 0.3) is 0 Å². The van der Waals surface area contributed by atoms with Crippen molar-refractivity contribution < 1.29 is 9.59 Å². The number of nitrogens with one attached hydrogen (secondary N) is 1. The highest BCUT2D eigenvalue weighted by Crippen LogP contribution is 2.34. The number of amides is 2. The summed E-state index contributed by atoms with van der Waals surface area (Å²) in [6, 6.07) is 5.04. The average Bonchev–Trinajstić information content (AvgIpc) is 2.46. The quantitative estimate of drug-likeness (QED) is 0.637. The maximum absolute atomic E-state index is 11.6. The van der Waals surface area contributed by atoms with Gasteiger partial charge in [0.25, 0.3) is 0 Å². The Morgan fingerprint density at radius 3 is 2.50 bits per heavy atom. The second kappa shape index (κ2) is 4.35. The third-order valence-electron chi connectivity index (χ3n) is 2.37. The Morgan fingerprint density at radius 1 is 1.25 bits per heavy atom. The monoisotopic (exact) mass is 321 g/mol. The predicted molar refractivity (Wildman–Crippen MR) is 64.7 cm³/mol. The topological polar surface area (TPSA) is 46.2 Å². The lowest BCUT2D eigenvalue weighted by atomic mass is 9.97. The van der Waals surface area contributed by atoms with Crippen LogP contribution < -0.4 is 5.32 Å². The zero-order valence-corrected chi connectivity index (χ0v) is 10.9. The van der Waals surface area contributed by atoms with Crippen molar-refractivity contribution in [1.29, 1.82) is 0 Å². The van der Waals surface area contributed by atoms with Crippen LogP contribution in [0.5, 0.6) is 0 Å². The SMILES string of the molecule is O=C1NC(=O)C(c2cc(Cl)ccc2Br)C1Cl. The molecule has 3 nitrogen and oxygen atoms in total. The third-order valence-corrected chi connectivity index (χ3v) is 3.77. The Kier molecular flexibility index (Phi) is 3.24. The second-order valence-electron chi connectivity index (χ2n) is 3.40. The number of hydrogen-bond donors (Lipinski definition) is 1. The normalized spacial score (nSPS) is 24.7. The molecule has 1 aromatic carbocycles. The molecular formula is C10H6BrCl2NO2. The Morgan fingerprint density at radius 2 is 1.94 bits per heavy atom. The fourth-order valence-electron chi connectivity index (χ4n) is 1.60. The van der Waals surface area contributed by atoms with Crippen molar-refractivity contribution in [2.24, 2.45) is 0 Å². The largest absolute Gasteiger partial charge is 0.295 e. The van der Waals surface area contributed by atoms with E-state index in [9.17, 15) is 9.59 Å². The highest BCUT2D eigenvalue weighted by Gasteiger charge is 2.42. The molecule has 84 valence electrons. The minimum Gasteiger partial charge on any atom is -0.295 e. The molecular weight excluding hydrogens is 317 g/mol. The minimum absolute atomic E-state index is 0.395. The smallest absolute Gasteiger partial charge is 0.245 e. The van der Waals surface area contributed by atoms with Crippen LogP contribution in [0.15, 0.2) is 22.7 Å². The zero-order valence-electron chi connectivity index (χ0n) is 7.84. The van der Waals surface area contributed by atoms with Gasteiger partial charge < -0.3 is 0 Å². The molecule has 6 heteroatoms. The predicted octanol–water partition coefficient (Wildman–Crippen LogP) is 2.45. The molecule has 2 unspecified atom stereocenters. The maximum Gasteiger partial charge on any atom is 0.245 e. The van der Waals surface area contributed by atoms with Gasteiger partial charge in [-0.15, -0.1) is 11.6 Å². The van der Waals surface area contributed by atoms with Crippen LogP contribution in [0.3, 0.4) is 0 Å². The summed E-state index contributed by atoms with van der Waals surface area (Å²) < 4.78 is 0.706. The van der Waals surface area contributed by atoms with Crippen LogP contribution >= 0.6 is 39.1 Å². The summed E-state index contributed by atoms with van der Waals surface area (Å²) in [4.78, 5) is 22.8. The minimum atomic E-state index is -0.887. The summed E-state index contributed by atoms with van der Waals surface area (Å²) in [5.74, 6) is -1.56. The number of alkyl halides is 1. The van der Waals surface area contributed by atoms with E-state index in [0.717, 1.165) is 0 Å². The summed E-state index contributed by atoms with van der Waals surface area (Å²) in [5.41, 5.74) is 0.621. The van der Waals surface area contributed by atoms with Crippen LogP contribution in [0, 0.1) is 0 Å². The van der Waals surface area contributed by atoms with E-state index in [4.69, 9.17) is 23.2 Å². The zero-order chi connectivity index (χ0) is 11.9. The number of hydrogen-bond acceptors (Lipinski definition) is 2. The standard InChI is InChI=1S/C10H6BrCl2NO2/c11-6-2-1-4(12)3-5(6)7-8(13)10(16)14-9(7)15/h1-3,7-8H,(H,14,15,16). The lowest BCUT2D eigenvalue weighted by Crippen LogP contribution is -2.22. The van der Waals surface area contributed by atoms with E-state index in [0.29, 0.717) is 15.1 Å². The molecule has 2 rings (SSSR count). The molecule has 0 spiro atoms. The van der Waals surface area contributed by atoms with Crippen molar-refractivity contribution in [2.45, 2.75) is 11.3 Å². The van der Waals surface area contributed by atoms with E-state index in [1.807, 2.05) is 0 Å². The van der Waals surface area contributed by atoms with Crippen molar-refractivity contribution in [1.82, 2.24) is 5.32 Å². The Hall–Kier alpha value is -0.580. The number of benzene rings is 1. The Labute approximate surface area is 110 Å². The number of halogens is 3. The van der Waals surface area contributed by atoms with Gasteiger partial charge in [0.15, 0.2) is 0 Å². The van der Waals surface area contributed by atoms with Gasteiger partial charge in [0.1, 0.15) is 5.38 Å². The van der Waals surface area contributed by atoms with Crippen LogP contribution in [0.2, 0.25) is 5.02 Å². The van der Waals surface area contributed by atoms with E-state index >= 15 is 0 Å². The molecule has 1 fully saturated rings. The second-order valence-corrected chi connectivity index (χ2v) is 5.16. The van der Waals surface area contributed by atoms with Crippen molar-refractivity contribution in [2.75, 3.05) is 0 Å². The molecule has 1 saturated heterocycles. The first-order chi connectivity index (χ1) is 7.50. The van der Waals surface area contributed by atoms with E-state index < -0.39 is 23.1 Å². The first-order valence-electron chi connectivity index (χ1n) is 4.44. The van der Waals surface area contributed by atoms with Gasteiger partial charge in [-0.05, 0) is 23.8 Å². The molecule has 2 amide bonds. The van der Waals surface area contributed by atoms with Gasteiger partial charge in [-0.1, -0.05) is 27.5 Å². The highest BCUT2D eigenvalue weighted by atomic mass is 79.9. The number of carbonyl (C=O) groups is 2. The van der Waals surface area contributed by atoms with E-state index in [1.165, 1.54) is 0 Å². The molecule has 1 aliphatic heterocycles. The highest BCUT2D eigenvalue weighted by molar-refractivity contribution is 9.10. The lowest BCUT2D eigenvalue weighted by Gasteiger charge is -2.12. The molecule has 16 heavy (non-hydrogen) atoms. The Balaban J connectivity index is 2.48. The van der Waals surface area contributed by atoms with Gasteiger partial charge in [-0.25, -0.2) is 0 Å². The first kappa shape index (κ1) is 11.9. The molecule has 0 saturated carbocycles. The number of imide groups is 1. The van der Waals surface area contributed by atoms with Crippen LogP contribution in [-0.4, -0.2) is 17.2 Å². The van der Waals surface area contributed by atoms with Crippen LogP contribution in [0.1, 0.15) is 11.5 Å². The fraction of sp³-hybridized carbons (Fsp3) is 0.200. The molecule has 1 aliphatic rings. The van der Waals surface area contributed by atoms with Crippen molar-refractivity contribution >= 4 is 50.9 Å². The van der Waals surface area contributed by atoms with Crippen molar-refractivity contribution in [3.05, 3.63) is 33.3 Å². The van der Waals surface area contributed by atoms with Gasteiger partial charge in [0.05, 0.1) is 5.92 Å². The fourth-order valence-corrected chi connectivity index (χ4v) is 2.58. The molecule has 2 atom stereocenters. The molecule has 0 aliphatic carbocycles. The van der Waals surface area contributed by atoms with Crippen LogP contribution in [-0.2, 0) is 9.59 Å². The molecule has 1 aromatic rings. The molecule has 1 heterocycles. The molecule has 1 N–H and O–H groups in total. The molecule has 0 aromatic heterocycles. The van der Waals surface area contributed by atoms with E-state index in [1.54, 1.807) is 18.2 Å². The summed E-state index contributed by atoms with van der Waals surface area (Å²) in [6.45, 7) is 0. The first-order valence-corrected chi connectivity index (χ1v) is 6.05. The average molecular weight is 323 g/mol. The lowest BCUT2D eigenvalue weighted by molar-refractivity contribution is -0.125. The van der Waals surface area contributed by atoms with Gasteiger partial charge in [-0.3, -0.25) is 14.9 Å². The van der Waals surface area contributed by atoms with Crippen LogP contribution in [0.4, 0.5) is 0 Å². The summed E-state index contributed by atoms with van der Waals surface area (Å²) >= 11 is 15.0. The van der Waals surface area contributed by atoms with Gasteiger partial charge in [-0.2, -0.15) is 0 Å². The molecule has 0 bridgehead atoms. The maximum atomic E-state index is 11.6. The summed E-state index contributed by atoms with van der Waals surface area (Å²) in [6.07, 6.45) is 0. The van der Waals surface area contributed by atoms with E-state index in [-0.39, 0.29) is 0 Å². The molecule has 0 radical (unpaired) electrons. The van der Waals surface area contributed by atoms with Gasteiger partial charge in [0.2, 0.25) is 11.8 Å². The number of carbonyl (C=O) groups excluding carboxylic acids is 2. The van der Waals surface area contributed by atoms with Crippen molar-refractivity contribution in [3.8, 4) is 0 Å². The van der Waals surface area contributed by atoms with Gasteiger partial charge >= 0.3 is 0 Å². The summed E-state index contributed by atoms with van der Waals surface area (Å²) in [5, 5.41) is 1.80. The number of rotatable bonds is 1. The summed E-state index contributed by atoms with van der Waals surface area (Å²) in [7, 11) is 0. The van der Waals surface area contributed by atoms with Crippen molar-refractivity contribution in [3.63, 3.8) is 0 Å². The Bertz CT molecular complexity index is 478. The third kappa shape index (κ3) is 1.97. The van der Waals surface area contributed by atoms with Gasteiger partial charge in [0, 0.05) is 9.50 Å².